The van der Waals surface area contributed by atoms with Crippen LogP contribution in [-0.4, -0.2) is 64.5 Å². The van der Waals surface area contributed by atoms with Crippen molar-refractivity contribution in [3.63, 3.8) is 0 Å². The van der Waals surface area contributed by atoms with Crippen LogP contribution < -0.4 is 0 Å². The van der Waals surface area contributed by atoms with Crippen LogP contribution in [0.2, 0.25) is 0 Å². The van der Waals surface area contributed by atoms with Gasteiger partial charge in [0.25, 0.3) is 0 Å². The van der Waals surface area contributed by atoms with Gasteiger partial charge in [0.2, 0.25) is 0 Å². The number of rotatable bonds is 5. The van der Waals surface area contributed by atoms with Gasteiger partial charge >= 0.3 is 0 Å². The zero-order valence-electron chi connectivity index (χ0n) is 15.2. The molecule has 136 valence electrons. The Morgan fingerprint density at radius 1 is 1.20 bits per heavy atom. The van der Waals surface area contributed by atoms with E-state index in [1.807, 2.05) is 24.9 Å². The molecule has 0 N–H and O–H groups in total. The maximum atomic E-state index is 5.84. The Hall–Kier alpha value is -1.63. The fraction of sp³-hybridized carbons (Fsp3) is 0.632. The number of hydrogen-bond donors (Lipinski definition) is 0. The number of aromatic nitrogens is 2. The van der Waals surface area contributed by atoms with Crippen LogP contribution in [0.1, 0.15) is 23.5 Å². The van der Waals surface area contributed by atoms with Crippen LogP contribution in [0.25, 0.3) is 0 Å². The minimum atomic E-state index is 0.493. The highest BCUT2D eigenvalue weighted by Gasteiger charge is 2.38. The average Bonchev–Trinajstić information content (AvgIpc) is 3.31. The standard InChI is InChI=1S/C19H28N4O2/c1-15-3-4-17(25-15)14-23-6-5-18(22-7-9-24-10-8-22)19(23)11-16-12-20-21(2)13-16/h3-4,12-13,18-19H,5-11,14H2,1-2H3/t18-,19+/m1/s1. The lowest BCUT2D eigenvalue weighted by Gasteiger charge is -2.37. The molecule has 2 aliphatic heterocycles. The maximum Gasteiger partial charge on any atom is 0.118 e. The molecule has 2 fully saturated rings. The molecular formula is C19H28N4O2. The third-order valence-corrected chi connectivity index (χ3v) is 5.50. The number of hydrogen-bond acceptors (Lipinski definition) is 5. The van der Waals surface area contributed by atoms with Gasteiger partial charge in [-0.15, -0.1) is 0 Å². The van der Waals surface area contributed by atoms with Gasteiger partial charge in [-0.25, -0.2) is 0 Å². The molecule has 0 radical (unpaired) electrons. The third kappa shape index (κ3) is 3.81. The molecular weight excluding hydrogens is 316 g/mol. The lowest BCUT2D eigenvalue weighted by atomic mass is 10.00. The summed E-state index contributed by atoms with van der Waals surface area (Å²) in [4.78, 5) is 5.21. The summed E-state index contributed by atoms with van der Waals surface area (Å²) < 4.78 is 13.3. The molecule has 6 heteroatoms. The number of likely N-dealkylation sites (tertiary alicyclic amines) is 1. The lowest BCUT2D eigenvalue weighted by molar-refractivity contribution is 0.00754. The Morgan fingerprint density at radius 2 is 2.04 bits per heavy atom. The number of nitrogens with zero attached hydrogens (tertiary/aromatic N) is 4. The van der Waals surface area contributed by atoms with E-state index >= 15 is 0 Å². The van der Waals surface area contributed by atoms with Crippen LogP contribution in [0.5, 0.6) is 0 Å². The molecule has 2 aliphatic rings. The van der Waals surface area contributed by atoms with E-state index in [0.717, 1.165) is 57.3 Å². The molecule has 2 saturated heterocycles. The van der Waals surface area contributed by atoms with Crippen LogP contribution >= 0.6 is 0 Å². The Balaban J connectivity index is 1.52. The molecule has 0 unspecified atom stereocenters. The SMILES string of the molecule is Cc1ccc(CN2CC[C@@H](N3CCOCC3)[C@@H]2Cc2cnn(C)c2)o1. The van der Waals surface area contributed by atoms with Gasteiger partial charge in [0.15, 0.2) is 0 Å². The van der Waals surface area contributed by atoms with E-state index in [0.29, 0.717) is 12.1 Å². The van der Waals surface area contributed by atoms with Crippen LogP contribution in [-0.2, 0) is 24.8 Å². The van der Waals surface area contributed by atoms with E-state index in [1.165, 1.54) is 12.0 Å². The first-order valence-corrected chi connectivity index (χ1v) is 9.28. The highest BCUT2D eigenvalue weighted by molar-refractivity contribution is 5.11. The smallest absolute Gasteiger partial charge is 0.118 e. The molecule has 0 aliphatic carbocycles. The highest BCUT2D eigenvalue weighted by atomic mass is 16.5. The highest BCUT2D eigenvalue weighted by Crippen LogP contribution is 2.28. The van der Waals surface area contributed by atoms with Crippen molar-refractivity contribution in [1.29, 1.82) is 0 Å². The van der Waals surface area contributed by atoms with E-state index in [4.69, 9.17) is 9.15 Å². The Kier molecular flexibility index (Phi) is 4.92. The first kappa shape index (κ1) is 16.8. The topological polar surface area (TPSA) is 46.7 Å². The summed E-state index contributed by atoms with van der Waals surface area (Å²) in [5.74, 6) is 2.05. The number of aryl methyl sites for hydroxylation is 2. The monoisotopic (exact) mass is 344 g/mol. The molecule has 2 atom stereocenters. The van der Waals surface area contributed by atoms with Crippen LogP contribution in [0.4, 0.5) is 0 Å². The van der Waals surface area contributed by atoms with Gasteiger partial charge in [-0.05, 0) is 37.5 Å². The summed E-state index contributed by atoms with van der Waals surface area (Å²) >= 11 is 0. The van der Waals surface area contributed by atoms with Gasteiger partial charge in [-0.2, -0.15) is 5.10 Å². The van der Waals surface area contributed by atoms with Crippen molar-refractivity contribution in [2.24, 2.45) is 7.05 Å². The molecule has 0 amide bonds. The second kappa shape index (κ2) is 7.32. The van der Waals surface area contributed by atoms with E-state index in [2.05, 4.69) is 33.2 Å². The van der Waals surface area contributed by atoms with Crippen LogP contribution in [0.15, 0.2) is 28.9 Å². The number of furan rings is 1. The molecule has 2 aromatic heterocycles. The Bertz CT molecular complexity index is 689. The summed E-state index contributed by atoms with van der Waals surface area (Å²) in [7, 11) is 1.99. The summed E-state index contributed by atoms with van der Waals surface area (Å²) in [5.41, 5.74) is 1.31. The van der Waals surface area contributed by atoms with Crippen molar-refractivity contribution in [2.75, 3.05) is 32.8 Å². The fourth-order valence-corrected chi connectivity index (χ4v) is 4.29. The van der Waals surface area contributed by atoms with E-state index in [1.54, 1.807) is 0 Å². The predicted molar refractivity (Wildman–Crippen MR) is 95.4 cm³/mol. The molecule has 0 spiro atoms. The van der Waals surface area contributed by atoms with Gasteiger partial charge < -0.3 is 9.15 Å². The van der Waals surface area contributed by atoms with Crippen molar-refractivity contribution in [3.8, 4) is 0 Å². The number of morpholine rings is 1. The van der Waals surface area contributed by atoms with Gasteiger partial charge in [0.05, 0.1) is 26.0 Å². The summed E-state index contributed by atoms with van der Waals surface area (Å²) in [6, 6.07) is 5.24. The minimum Gasteiger partial charge on any atom is -0.465 e. The molecule has 0 aromatic carbocycles. The molecule has 25 heavy (non-hydrogen) atoms. The summed E-state index contributed by atoms with van der Waals surface area (Å²) in [6.07, 6.45) is 6.40. The van der Waals surface area contributed by atoms with Crippen molar-refractivity contribution >= 4 is 0 Å². The largest absolute Gasteiger partial charge is 0.465 e. The second-order valence-electron chi connectivity index (χ2n) is 7.28. The zero-order valence-corrected chi connectivity index (χ0v) is 15.2. The van der Waals surface area contributed by atoms with E-state index in [-0.39, 0.29) is 0 Å². The first-order valence-electron chi connectivity index (χ1n) is 9.28. The van der Waals surface area contributed by atoms with Gasteiger partial charge in [0, 0.05) is 45.0 Å². The maximum absolute atomic E-state index is 5.84. The predicted octanol–water partition coefficient (Wildman–Crippen LogP) is 1.84. The zero-order chi connectivity index (χ0) is 17.2. The molecule has 4 rings (SSSR count). The van der Waals surface area contributed by atoms with Gasteiger partial charge in [0.1, 0.15) is 11.5 Å². The number of ether oxygens (including phenoxy) is 1. The van der Waals surface area contributed by atoms with E-state index in [9.17, 15) is 0 Å². The lowest BCUT2D eigenvalue weighted by Crippen LogP contribution is -2.50. The summed E-state index contributed by atoms with van der Waals surface area (Å²) in [6.45, 7) is 7.81. The quantitative estimate of drug-likeness (QED) is 0.828. The molecule has 4 heterocycles. The Labute approximate surface area is 149 Å². The minimum absolute atomic E-state index is 0.493. The molecule has 2 aromatic rings. The molecule has 0 saturated carbocycles. The third-order valence-electron chi connectivity index (χ3n) is 5.50. The summed E-state index contributed by atoms with van der Waals surface area (Å²) in [5, 5.41) is 4.35. The van der Waals surface area contributed by atoms with Crippen molar-refractivity contribution in [3.05, 3.63) is 41.6 Å². The molecule has 6 nitrogen and oxygen atoms in total. The average molecular weight is 344 g/mol. The van der Waals surface area contributed by atoms with Gasteiger partial charge in [-0.1, -0.05) is 0 Å². The van der Waals surface area contributed by atoms with Crippen molar-refractivity contribution in [1.82, 2.24) is 19.6 Å². The second-order valence-corrected chi connectivity index (χ2v) is 7.28. The Morgan fingerprint density at radius 3 is 2.72 bits per heavy atom. The fourth-order valence-electron chi connectivity index (χ4n) is 4.29. The first-order chi connectivity index (χ1) is 12.2. The van der Waals surface area contributed by atoms with Crippen molar-refractivity contribution < 1.29 is 9.15 Å². The van der Waals surface area contributed by atoms with Crippen molar-refractivity contribution in [2.45, 2.75) is 38.4 Å². The van der Waals surface area contributed by atoms with Crippen LogP contribution in [0, 0.1) is 6.92 Å². The van der Waals surface area contributed by atoms with Gasteiger partial charge in [-0.3, -0.25) is 14.5 Å². The normalized spacial score (nSPS) is 25.7. The van der Waals surface area contributed by atoms with E-state index < -0.39 is 0 Å². The van der Waals surface area contributed by atoms with Crippen LogP contribution in [0.3, 0.4) is 0 Å². The molecule has 0 bridgehead atoms.